The summed E-state index contributed by atoms with van der Waals surface area (Å²) < 4.78 is 10.2. The highest BCUT2D eigenvalue weighted by Gasteiger charge is 2.39. The Balaban J connectivity index is 1.73. The van der Waals surface area contributed by atoms with E-state index in [0.717, 1.165) is 18.4 Å². The lowest BCUT2D eigenvalue weighted by atomic mass is 9.90. The molecule has 0 aliphatic heterocycles. The summed E-state index contributed by atoms with van der Waals surface area (Å²) in [6, 6.07) is 8.19. The highest BCUT2D eigenvalue weighted by atomic mass is 16.5. The lowest BCUT2D eigenvalue weighted by molar-refractivity contribution is -0.151. The number of esters is 1. The molecule has 0 spiro atoms. The van der Waals surface area contributed by atoms with Crippen molar-refractivity contribution in [2.24, 2.45) is 17.3 Å². The molecule has 9 nitrogen and oxygen atoms in total. The number of methoxy groups -OCH3 is 1. The van der Waals surface area contributed by atoms with E-state index in [9.17, 15) is 35.1 Å². The first-order chi connectivity index (χ1) is 19.3. The van der Waals surface area contributed by atoms with E-state index in [0.29, 0.717) is 32.3 Å². The Morgan fingerprint density at radius 3 is 2.55 bits per heavy atom. The molecule has 4 atom stereocenters. The van der Waals surface area contributed by atoms with Gasteiger partial charge in [-0.25, -0.2) is 0 Å². The zero-order valence-corrected chi connectivity index (χ0v) is 23.5. The number of hydrogen-bond acceptors (Lipinski definition) is 9. The lowest BCUT2D eigenvalue weighted by Gasteiger charge is -2.26. The fourth-order valence-electron chi connectivity index (χ4n) is 4.75. The summed E-state index contributed by atoms with van der Waals surface area (Å²) in [7, 11) is 1.67. The van der Waals surface area contributed by atoms with Gasteiger partial charge in [-0.05, 0) is 49.7 Å². The van der Waals surface area contributed by atoms with E-state index in [1.165, 1.54) is 5.56 Å². The van der Waals surface area contributed by atoms with Crippen LogP contribution in [0.15, 0.2) is 48.6 Å². The molecular formula is C31H46O9. The van der Waals surface area contributed by atoms with Crippen molar-refractivity contribution in [3.8, 4) is 0 Å². The lowest BCUT2D eigenvalue weighted by Crippen LogP contribution is -2.39. The highest BCUT2D eigenvalue weighted by molar-refractivity contribution is 5.84. The van der Waals surface area contributed by atoms with E-state index in [-0.39, 0.29) is 37.1 Å². The van der Waals surface area contributed by atoms with Crippen molar-refractivity contribution in [1.29, 1.82) is 0 Å². The molecule has 5 N–H and O–H groups in total. The topological polar surface area (TPSA) is 154 Å². The summed E-state index contributed by atoms with van der Waals surface area (Å²) in [5.41, 5.74) is 1.07. The second kappa shape index (κ2) is 18.1. The summed E-state index contributed by atoms with van der Waals surface area (Å²) in [5, 5.41) is 48.7. The van der Waals surface area contributed by atoms with Crippen molar-refractivity contribution in [3.05, 3.63) is 59.7 Å². The summed E-state index contributed by atoms with van der Waals surface area (Å²) in [6.45, 7) is -1.18. The van der Waals surface area contributed by atoms with Crippen molar-refractivity contribution in [2.45, 2.75) is 70.2 Å². The number of aliphatic hydroxyl groups excluding tert-OH is 5. The van der Waals surface area contributed by atoms with Gasteiger partial charge in [0.15, 0.2) is 0 Å². The molecular weight excluding hydrogens is 516 g/mol. The molecule has 0 saturated heterocycles. The number of rotatable bonds is 19. The van der Waals surface area contributed by atoms with Gasteiger partial charge in [-0.1, -0.05) is 48.6 Å². The van der Waals surface area contributed by atoms with Crippen LogP contribution in [0.3, 0.4) is 0 Å². The van der Waals surface area contributed by atoms with Gasteiger partial charge in [0.2, 0.25) is 0 Å². The third kappa shape index (κ3) is 11.2. The molecule has 1 fully saturated rings. The third-order valence-electron chi connectivity index (χ3n) is 7.41. The van der Waals surface area contributed by atoms with Gasteiger partial charge in [0.1, 0.15) is 12.4 Å². The zero-order chi connectivity index (χ0) is 29.4. The van der Waals surface area contributed by atoms with E-state index in [1.54, 1.807) is 19.3 Å². The quantitative estimate of drug-likeness (QED) is 0.0970. The van der Waals surface area contributed by atoms with E-state index in [2.05, 4.69) is 12.1 Å². The maximum Gasteiger partial charge on any atom is 0.305 e. The van der Waals surface area contributed by atoms with E-state index >= 15 is 0 Å². The number of unbranched alkanes of at least 4 members (excludes halogenated alkanes) is 1. The first kappa shape index (κ1) is 33.8. The monoisotopic (exact) mass is 562 g/mol. The summed E-state index contributed by atoms with van der Waals surface area (Å²) in [4.78, 5) is 24.4. The van der Waals surface area contributed by atoms with Crippen molar-refractivity contribution in [1.82, 2.24) is 0 Å². The summed E-state index contributed by atoms with van der Waals surface area (Å²) in [5.74, 6) is -1.18. The van der Waals surface area contributed by atoms with Gasteiger partial charge < -0.3 is 35.0 Å². The minimum absolute atomic E-state index is 0.000872. The predicted molar refractivity (Wildman–Crippen MR) is 150 cm³/mol. The molecule has 0 radical (unpaired) electrons. The number of carbonyl (C=O) groups is 2. The van der Waals surface area contributed by atoms with Crippen LogP contribution in [0.4, 0.5) is 0 Å². The van der Waals surface area contributed by atoms with Crippen molar-refractivity contribution < 1.29 is 44.6 Å². The molecule has 1 aliphatic carbocycles. The normalized spacial score (nSPS) is 20.6. The van der Waals surface area contributed by atoms with E-state index in [4.69, 9.17) is 9.47 Å². The number of ether oxygens (including phenoxy) is 2. The summed E-state index contributed by atoms with van der Waals surface area (Å²) in [6.07, 6.45) is 9.87. The number of carbonyl (C=O) groups excluding carboxylic acids is 2. The van der Waals surface area contributed by atoms with Crippen molar-refractivity contribution >= 4 is 11.8 Å². The van der Waals surface area contributed by atoms with Gasteiger partial charge in [0.25, 0.3) is 0 Å². The number of allylic oxidation sites excluding steroid dienone is 2. The standard InChI is InChI=1S/C31H46O9/c1-39-18-24-10-6-8-23(16-24)9-7-11-25(35)14-15-27-26(28(36)17-29(27)37)12-4-2-3-5-13-30(38)40-22-31(19-32,20-33)21-34/h2,4,6,8,10,14-16,25-27,29,32-35,37H,3,5,7,9,11-13,17-22H2,1H3/t25-,26+,27+,29+/m0/s1. The van der Waals surface area contributed by atoms with Gasteiger partial charge >= 0.3 is 5.97 Å². The maximum absolute atomic E-state index is 12.5. The SMILES string of the molecule is COCc1cccc(CCC[C@H](O)C=C[C@H]2[C@H](O)CC(=O)[C@@H]2CC=CCCCC(=O)OCC(CO)(CO)CO)c1. The van der Waals surface area contributed by atoms with Crippen LogP contribution in [-0.4, -0.2) is 83.0 Å². The molecule has 224 valence electrons. The Kier molecular flexibility index (Phi) is 15.3. The molecule has 1 aromatic rings. The Labute approximate surface area is 237 Å². The third-order valence-corrected chi connectivity index (χ3v) is 7.41. The van der Waals surface area contributed by atoms with Gasteiger partial charge in [-0.3, -0.25) is 9.59 Å². The van der Waals surface area contributed by atoms with Crippen LogP contribution in [0, 0.1) is 17.3 Å². The Hall–Kier alpha value is -2.40. The Morgan fingerprint density at radius 1 is 1.12 bits per heavy atom. The number of hydrogen-bond donors (Lipinski definition) is 5. The highest BCUT2D eigenvalue weighted by Crippen LogP contribution is 2.33. The van der Waals surface area contributed by atoms with E-state index < -0.39 is 43.4 Å². The van der Waals surface area contributed by atoms with Crippen LogP contribution >= 0.6 is 0 Å². The second-order valence-corrected chi connectivity index (χ2v) is 10.8. The molecule has 1 aliphatic rings. The van der Waals surface area contributed by atoms with Crippen LogP contribution in [0.2, 0.25) is 0 Å². The maximum atomic E-state index is 12.5. The van der Waals surface area contributed by atoms with Crippen molar-refractivity contribution in [3.63, 3.8) is 0 Å². The Morgan fingerprint density at radius 2 is 1.85 bits per heavy atom. The van der Waals surface area contributed by atoms with Crippen LogP contribution in [0.1, 0.15) is 56.1 Å². The molecule has 0 bridgehead atoms. The molecule has 9 heteroatoms. The minimum atomic E-state index is -1.24. The molecule has 40 heavy (non-hydrogen) atoms. The molecule has 1 aromatic carbocycles. The summed E-state index contributed by atoms with van der Waals surface area (Å²) >= 11 is 0. The molecule has 2 rings (SSSR count). The number of aliphatic hydroxyl groups is 5. The number of aryl methyl sites for hydroxylation is 1. The van der Waals surface area contributed by atoms with Gasteiger partial charge in [-0.2, -0.15) is 0 Å². The average Bonchev–Trinajstić information content (AvgIpc) is 3.22. The number of Topliss-reactive ketones (excluding diaryl/α,β-unsaturated/α-hetero) is 1. The van der Waals surface area contributed by atoms with Crippen LogP contribution < -0.4 is 0 Å². The smallest absolute Gasteiger partial charge is 0.305 e. The largest absolute Gasteiger partial charge is 0.465 e. The fourth-order valence-corrected chi connectivity index (χ4v) is 4.75. The van der Waals surface area contributed by atoms with E-state index in [1.807, 2.05) is 24.3 Å². The van der Waals surface area contributed by atoms with Crippen LogP contribution in [-0.2, 0) is 32.1 Å². The molecule has 0 aromatic heterocycles. The first-order valence-electron chi connectivity index (χ1n) is 14.0. The predicted octanol–water partition coefficient (Wildman–Crippen LogP) is 2.26. The second-order valence-electron chi connectivity index (χ2n) is 10.8. The first-order valence-corrected chi connectivity index (χ1v) is 14.0. The van der Waals surface area contributed by atoms with Crippen LogP contribution in [0.25, 0.3) is 0 Å². The van der Waals surface area contributed by atoms with Crippen molar-refractivity contribution in [2.75, 3.05) is 33.5 Å². The zero-order valence-electron chi connectivity index (χ0n) is 23.5. The molecule has 0 amide bonds. The number of ketones is 1. The molecule has 1 saturated carbocycles. The van der Waals surface area contributed by atoms with Gasteiger partial charge in [-0.15, -0.1) is 0 Å². The van der Waals surface area contributed by atoms with Gasteiger partial charge in [0, 0.05) is 31.8 Å². The fraction of sp³-hybridized carbons (Fsp3) is 0.613. The Bertz CT molecular complexity index is 946. The number of benzene rings is 1. The minimum Gasteiger partial charge on any atom is -0.465 e. The molecule has 0 heterocycles. The molecule has 0 unspecified atom stereocenters. The average molecular weight is 563 g/mol. The van der Waals surface area contributed by atoms with Gasteiger partial charge in [0.05, 0.1) is 44.1 Å². The van der Waals surface area contributed by atoms with Crippen LogP contribution in [0.5, 0.6) is 0 Å².